The lowest BCUT2D eigenvalue weighted by atomic mass is 10.0. The number of rotatable bonds is 8. The van der Waals surface area contributed by atoms with Crippen molar-refractivity contribution >= 4 is 21.6 Å². The Kier molecular flexibility index (Phi) is 7.13. The number of carbonyl (C=O) groups is 1. The van der Waals surface area contributed by atoms with Crippen molar-refractivity contribution in [2.75, 3.05) is 10.9 Å². The predicted octanol–water partition coefficient (Wildman–Crippen LogP) is 5.17. The number of carbonyl (C=O) groups excluding carboxylic acids is 1. The van der Waals surface area contributed by atoms with Crippen LogP contribution in [-0.2, 0) is 21.2 Å². The zero-order valence-corrected chi connectivity index (χ0v) is 18.8. The molecule has 0 aliphatic rings. The molecular weight excluding hydrogens is 410 g/mol. The molecule has 5 nitrogen and oxygen atoms in total. The first kappa shape index (κ1) is 22.6. The van der Waals surface area contributed by atoms with Gasteiger partial charge < -0.3 is 4.74 Å². The molecule has 0 spiro atoms. The minimum atomic E-state index is -4.09. The van der Waals surface area contributed by atoms with E-state index in [0.29, 0.717) is 11.7 Å². The molecule has 31 heavy (non-hydrogen) atoms. The largest absolute Gasteiger partial charge is 0.484 e. The highest BCUT2D eigenvalue weighted by atomic mass is 32.2. The molecule has 0 N–H and O–H groups in total. The van der Waals surface area contributed by atoms with Gasteiger partial charge in [0.05, 0.1) is 10.6 Å². The highest BCUT2D eigenvalue weighted by molar-refractivity contribution is 7.93. The van der Waals surface area contributed by atoms with Crippen LogP contribution in [0.15, 0.2) is 83.8 Å². The summed E-state index contributed by atoms with van der Waals surface area (Å²) in [4.78, 5) is 13.1. The molecule has 1 amide bonds. The van der Waals surface area contributed by atoms with E-state index >= 15 is 0 Å². The number of nitrogens with zero attached hydrogens (tertiary/aromatic N) is 1. The van der Waals surface area contributed by atoms with Crippen LogP contribution in [0.25, 0.3) is 0 Å². The van der Waals surface area contributed by atoms with Gasteiger partial charge in [-0.05, 0) is 59.9 Å². The molecule has 0 heterocycles. The van der Waals surface area contributed by atoms with Crippen molar-refractivity contribution in [1.29, 1.82) is 0 Å². The smallest absolute Gasteiger partial charge is 0.278 e. The Labute approximate surface area is 184 Å². The molecule has 0 radical (unpaired) electrons. The van der Waals surface area contributed by atoms with E-state index in [1.165, 1.54) is 12.1 Å². The number of anilines is 1. The molecular formula is C25H27NO4S. The first-order valence-electron chi connectivity index (χ1n) is 10.3. The van der Waals surface area contributed by atoms with Crippen LogP contribution in [0.3, 0.4) is 0 Å². The van der Waals surface area contributed by atoms with E-state index in [0.717, 1.165) is 21.9 Å². The summed E-state index contributed by atoms with van der Waals surface area (Å²) in [6.45, 7) is 5.80. The Morgan fingerprint density at radius 2 is 1.52 bits per heavy atom. The van der Waals surface area contributed by atoms with Gasteiger partial charge in [0.25, 0.3) is 15.9 Å². The van der Waals surface area contributed by atoms with Gasteiger partial charge in [0.1, 0.15) is 5.75 Å². The molecule has 3 aromatic carbocycles. The van der Waals surface area contributed by atoms with Crippen molar-refractivity contribution in [1.82, 2.24) is 0 Å². The molecule has 0 aromatic heterocycles. The molecule has 3 aromatic rings. The second-order valence-corrected chi connectivity index (χ2v) is 9.30. The van der Waals surface area contributed by atoms with Crippen molar-refractivity contribution < 1.29 is 17.9 Å². The van der Waals surface area contributed by atoms with Gasteiger partial charge in [0, 0.05) is 0 Å². The lowest BCUT2D eigenvalue weighted by Gasteiger charge is -2.23. The van der Waals surface area contributed by atoms with Crippen LogP contribution in [0.4, 0.5) is 5.69 Å². The molecule has 162 valence electrons. The lowest BCUT2D eigenvalue weighted by Crippen LogP contribution is -2.40. The molecule has 0 saturated carbocycles. The Morgan fingerprint density at radius 3 is 2.06 bits per heavy atom. The summed E-state index contributed by atoms with van der Waals surface area (Å²) in [5.41, 5.74) is 2.49. The molecule has 0 bridgehead atoms. The van der Waals surface area contributed by atoms with E-state index in [2.05, 4.69) is 13.8 Å². The highest BCUT2D eigenvalue weighted by Gasteiger charge is 2.31. The van der Waals surface area contributed by atoms with E-state index in [-0.39, 0.29) is 10.6 Å². The maximum atomic E-state index is 13.3. The Bertz CT molecular complexity index is 1110. The minimum Gasteiger partial charge on any atom is -0.484 e. The third-order valence-electron chi connectivity index (χ3n) is 5.00. The van der Waals surface area contributed by atoms with Gasteiger partial charge in [-0.2, -0.15) is 4.31 Å². The minimum absolute atomic E-state index is 0.0456. The number of amides is 1. The van der Waals surface area contributed by atoms with Crippen molar-refractivity contribution in [3.8, 4) is 5.75 Å². The quantitative estimate of drug-likeness (QED) is 0.487. The van der Waals surface area contributed by atoms with Gasteiger partial charge in [0.15, 0.2) is 6.61 Å². The average molecular weight is 438 g/mol. The molecule has 6 heteroatoms. The van der Waals surface area contributed by atoms with Gasteiger partial charge >= 0.3 is 0 Å². The molecule has 0 saturated heterocycles. The van der Waals surface area contributed by atoms with E-state index in [9.17, 15) is 13.2 Å². The molecule has 0 unspecified atom stereocenters. The van der Waals surface area contributed by atoms with E-state index in [1.54, 1.807) is 42.5 Å². The van der Waals surface area contributed by atoms with Crippen LogP contribution in [-0.4, -0.2) is 20.9 Å². The SMILES string of the molecule is CCc1ccc(N(C(=O)COc2ccc(C(C)C)cc2)S(=O)(=O)c2ccccc2)cc1. The summed E-state index contributed by atoms with van der Waals surface area (Å²) in [5.74, 6) is 0.227. The number of benzene rings is 3. The van der Waals surface area contributed by atoms with Gasteiger partial charge in [0.2, 0.25) is 0 Å². The van der Waals surface area contributed by atoms with Crippen molar-refractivity contribution in [2.45, 2.75) is 38.0 Å². The average Bonchev–Trinajstić information content (AvgIpc) is 2.79. The van der Waals surface area contributed by atoms with Crippen LogP contribution in [0.1, 0.15) is 37.8 Å². The summed E-state index contributed by atoms with van der Waals surface area (Å²) in [6.07, 6.45) is 0.815. The number of ether oxygens (including phenoxy) is 1. The highest BCUT2D eigenvalue weighted by Crippen LogP contribution is 2.25. The fourth-order valence-electron chi connectivity index (χ4n) is 3.13. The number of aryl methyl sites for hydroxylation is 1. The van der Waals surface area contributed by atoms with Gasteiger partial charge in [-0.15, -0.1) is 0 Å². The van der Waals surface area contributed by atoms with Gasteiger partial charge in [-0.3, -0.25) is 4.79 Å². The Balaban J connectivity index is 1.89. The summed E-state index contributed by atoms with van der Waals surface area (Å²) in [5, 5.41) is 0. The van der Waals surface area contributed by atoms with Crippen LogP contribution >= 0.6 is 0 Å². The molecule has 0 atom stereocenters. The number of hydrogen-bond acceptors (Lipinski definition) is 4. The first-order valence-corrected chi connectivity index (χ1v) is 11.7. The lowest BCUT2D eigenvalue weighted by molar-refractivity contribution is -0.119. The van der Waals surface area contributed by atoms with Gasteiger partial charge in [-0.1, -0.05) is 63.2 Å². The maximum Gasteiger partial charge on any atom is 0.278 e. The summed E-state index contributed by atoms with van der Waals surface area (Å²) in [7, 11) is -4.09. The molecule has 0 fully saturated rings. The predicted molar refractivity (Wildman–Crippen MR) is 123 cm³/mol. The summed E-state index contributed by atoms with van der Waals surface area (Å²) < 4.78 is 33.1. The van der Waals surface area contributed by atoms with Crippen LogP contribution in [0, 0.1) is 0 Å². The third kappa shape index (κ3) is 5.33. The fraction of sp³-hybridized carbons (Fsp3) is 0.240. The molecule has 0 aliphatic heterocycles. The summed E-state index contributed by atoms with van der Waals surface area (Å²) in [6, 6.07) is 22.3. The zero-order valence-electron chi connectivity index (χ0n) is 18.0. The van der Waals surface area contributed by atoms with E-state index in [4.69, 9.17) is 4.74 Å². The van der Waals surface area contributed by atoms with Crippen LogP contribution < -0.4 is 9.04 Å². The monoisotopic (exact) mass is 437 g/mol. The van der Waals surface area contributed by atoms with Crippen LogP contribution in [0.2, 0.25) is 0 Å². The van der Waals surface area contributed by atoms with Crippen LogP contribution in [0.5, 0.6) is 5.75 Å². The standard InChI is InChI=1S/C25H27NO4S/c1-4-20-10-14-22(15-11-20)26(31(28,29)24-8-6-5-7-9-24)25(27)18-30-23-16-12-21(13-17-23)19(2)3/h5-17,19H,4,18H2,1-3H3. The third-order valence-corrected chi connectivity index (χ3v) is 6.76. The normalized spacial score (nSPS) is 11.4. The van der Waals surface area contributed by atoms with Crippen molar-refractivity contribution in [3.05, 3.63) is 90.0 Å². The Morgan fingerprint density at radius 1 is 0.903 bits per heavy atom. The molecule has 0 aliphatic carbocycles. The topological polar surface area (TPSA) is 63.7 Å². The Hall–Kier alpha value is -3.12. The fourth-order valence-corrected chi connectivity index (χ4v) is 4.57. The maximum absolute atomic E-state index is 13.3. The van der Waals surface area contributed by atoms with E-state index in [1.807, 2.05) is 31.2 Å². The number of hydrogen-bond donors (Lipinski definition) is 0. The molecule has 3 rings (SSSR count). The van der Waals surface area contributed by atoms with E-state index < -0.39 is 22.5 Å². The summed E-state index contributed by atoms with van der Waals surface area (Å²) >= 11 is 0. The van der Waals surface area contributed by atoms with Gasteiger partial charge in [-0.25, -0.2) is 8.42 Å². The zero-order chi connectivity index (χ0) is 22.4. The van der Waals surface area contributed by atoms with Crippen molar-refractivity contribution in [2.24, 2.45) is 0 Å². The second-order valence-electron chi connectivity index (χ2n) is 7.51. The first-order chi connectivity index (χ1) is 14.8. The number of sulfonamides is 1. The second kappa shape index (κ2) is 9.79. The van der Waals surface area contributed by atoms with Crippen molar-refractivity contribution in [3.63, 3.8) is 0 Å².